The summed E-state index contributed by atoms with van der Waals surface area (Å²) in [5.41, 5.74) is -2.55. The number of nitrogens with one attached hydrogen (secondary N) is 2. The van der Waals surface area contributed by atoms with Crippen LogP contribution in [0.15, 0.2) is 27.8 Å². The van der Waals surface area contributed by atoms with E-state index in [4.69, 9.17) is 0 Å². The molecule has 2 rings (SSSR count). The number of hydrogen-bond acceptors (Lipinski definition) is 5. The molecule has 0 unspecified atom stereocenters. The van der Waals surface area contributed by atoms with E-state index in [2.05, 4.69) is 4.98 Å². The van der Waals surface area contributed by atoms with Gasteiger partial charge in [0.15, 0.2) is 0 Å². The van der Waals surface area contributed by atoms with E-state index in [9.17, 15) is 24.8 Å². The van der Waals surface area contributed by atoms with Gasteiger partial charge in [0.2, 0.25) is 0 Å². The molecule has 0 aliphatic heterocycles. The van der Waals surface area contributed by atoms with Gasteiger partial charge in [-0.05, 0) is 52.9 Å². The van der Waals surface area contributed by atoms with Crippen LogP contribution in [0, 0.1) is 13.7 Å². The van der Waals surface area contributed by atoms with Crippen molar-refractivity contribution in [2.45, 2.75) is 0 Å². The molecule has 0 radical (unpaired) electrons. The first-order chi connectivity index (χ1) is 9.88. The molecule has 0 atom stereocenters. The summed E-state index contributed by atoms with van der Waals surface area (Å²) < 4.78 is 0.846. The number of H-pyrrole nitrogens is 2. The summed E-state index contributed by atoms with van der Waals surface area (Å²) in [5, 5.41) is 20.5. The number of nitrogens with zero attached hydrogens (tertiary/aromatic N) is 1. The lowest BCUT2D eigenvalue weighted by Gasteiger charge is -2.00. The van der Waals surface area contributed by atoms with E-state index in [0.29, 0.717) is 5.56 Å². The Kier molecular flexibility index (Phi) is 4.21. The van der Waals surface area contributed by atoms with Gasteiger partial charge in [-0.3, -0.25) is 19.9 Å². The number of phenols is 1. The monoisotopic (exact) mass is 401 g/mol. The smallest absolute Gasteiger partial charge is 0.357 e. The second-order valence-corrected chi connectivity index (χ2v) is 5.21. The molecule has 2 aromatic rings. The van der Waals surface area contributed by atoms with Gasteiger partial charge >= 0.3 is 16.9 Å². The van der Waals surface area contributed by atoms with Crippen molar-refractivity contribution in [3.63, 3.8) is 0 Å². The normalized spacial score (nSPS) is 10.9. The van der Waals surface area contributed by atoms with Gasteiger partial charge in [-0.1, -0.05) is 0 Å². The standard InChI is InChI=1S/C12H8IN3O5/c13-7-2-4-9(17)6(5-7)1-3-8-10(16(20)21)11(18)15-12(19)14-8/h1-5,17H,(H2,14,15,18,19). The number of phenolic OH excluding ortho intramolecular Hbond substituents is 1. The third kappa shape index (κ3) is 3.37. The molecule has 1 heterocycles. The van der Waals surface area contributed by atoms with Gasteiger partial charge in [-0.2, -0.15) is 0 Å². The molecule has 0 spiro atoms. The van der Waals surface area contributed by atoms with Crippen molar-refractivity contribution in [2.75, 3.05) is 0 Å². The van der Waals surface area contributed by atoms with Crippen molar-refractivity contribution in [2.24, 2.45) is 0 Å². The summed E-state index contributed by atoms with van der Waals surface area (Å²) in [6.45, 7) is 0. The molecule has 9 heteroatoms. The zero-order chi connectivity index (χ0) is 15.6. The summed E-state index contributed by atoms with van der Waals surface area (Å²) in [6, 6.07) is 4.80. The SMILES string of the molecule is O=c1[nH]c(C=Cc2cc(I)ccc2O)c([N+](=O)[O-])c(=O)[nH]1. The van der Waals surface area contributed by atoms with Crippen LogP contribution in [0.3, 0.4) is 0 Å². The Morgan fingerprint density at radius 3 is 2.62 bits per heavy atom. The highest BCUT2D eigenvalue weighted by Gasteiger charge is 2.18. The summed E-state index contributed by atoms with van der Waals surface area (Å²) in [6.07, 6.45) is 2.56. The number of nitro groups is 1. The van der Waals surface area contributed by atoms with Crippen molar-refractivity contribution in [1.29, 1.82) is 0 Å². The molecule has 1 aromatic carbocycles. The van der Waals surface area contributed by atoms with Crippen LogP contribution in [0.1, 0.15) is 11.3 Å². The fraction of sp³-hybridized carbons (Fsp3) is 0. The van der Waals surface area contributed by atoms with Crippen LogP contribution < -0.4 is 11.2 Å². The predicted octanol–water partition coefficient (Wildman–Crippen LogP) is 1.45. The molecule has 0 fully saturated rings. The summed E-state index contributed by atoms with van der Waals surface area (Å²) in [7, 11) is 0. The number of benzene rings is 1. The maximum Gasteiger partial charge on any atom is 0.357 e. The zero-order valence-electron chi connectivity index (χ0n) is 10.3. The van der Waals surface area contributed by atoms with Gasteiger partial charge in [0.05, 0.1) is 4.92 Å². The van der Waals surface area contributed by atoms with Crippen molar-refractivity contribution >= 4 is 40.4 Å². The molecular formula is C12H8IN3O5. The van der Waals surface area contributed by atoms with Crippen molar-refractivity contribution < 1.29 is 10.0 Å². The van der Waals surface area contributed by atoms with E-state index >= 15 is 0 Å². The first-order valence-corrected chi connectivity index (χ1v) is 6.64. The molecule has 0 saturated carbocycles. The largest absolute Gasteiger partial charge is 0.507 e. The van der Waals surface area contributed by atoms with Crippen LogP contribution in [0.25, 0.3) is 12.2 Å². The summed E-state index contributed by atoms with van der Waals surface area (Å²) in [5.74, 6) is -0.0264. The van der Waals surface area contributed by atoms with Crippen LogP contribution in [0.5, 0.6) is 5.75 Å². The highest BCUT2D eigenvalue weighted by atomic mass is 127. The Morgan fingerprint density at radius 2 is 1.95 bits per heavy atom. The molecule has 0 amide bonds. The maximum atomic E-state index is 11.4. The number of aromatic amines is 2. The molecule has 0 aliphatic carbocycles. The highest BCUT2D eigenvalue weighted by Crippen LogP contribution is 2.22. The van der Waals surface area contributed by atoms with Crippen LogP contribution >= 0.6 is 22.6 Å². The van der Waals surface area contributed by atoms with Gasteiger partial charge in [0, 0.05) is 9.13 Å². The predicted molar refractivity (Wildman–Crippen MR) is 84.1 cm³/mol. The fourth-order valence-electron chi connectivity index (χ4n) is 1.63. The molecule has 21 heavy (non-hydrogen) atoms. The van der Waals surface area contributed by atoms with Gasteiger partial charge in [0.25, 0.3) is 0 Å². The van der Waals surface area contributed by atoms with Crippen molar-refractivity contribution in [3.05, 3.63) is 64.0 Å². The van der Waals surface area contributed by atoms with E-state index in [-0.39, 0.29) is 11.4 Å². The van der Waals surface area contributed by atoms with E-state index in [1.165, 1.54) is 18.2 Å². The molecule has 0 saturated heterocycles. The second kappa shape index (κ2) is 5.91. The fourth-order valence-corrected chi connectivity index (χ4v) is 2.15. The Hall–Kier alpha value is -2.43. The number of rotatable bonds is 3. The van der Waals surface area contributed by atoms with Crippen LogP contribution in [-0.4, -0.2) is 20.0 Å². The topological polar surface area (TPSA) is 129 Å². The first kappa shape index (κ1) is 15.0. The van der Waals surface area contributed by atoms with Gasteiger partial charge in [-0.15, -0.1) is 0 Å². The third-order valence-electron chi connectivity index (χ3n) is 2.55. The Labute approximate surface area is 130 Å². The minimum absolute atomic E-state index is 0.0264. The molecular weight excluding hydrogens is 393 g/mol. The van der Waals surface area contributed by atoms with Crippen LogP contribution in [0.4, 0.5) is 5.69 Å². The molecule has 0 aliphatic rings. The number of hydrogen-bond donors (Lipinski definition) is 3. The summed E-state index contributed by atoms with van der Waals surface area (Å²) >= 11 is 2.04. The minimum atomic E-state index is -1.09. The zero-order valence-corrected chi connectivity index (χ0v) is 12.4. The van der Waals surface area contributed by atoms with E-state index in [1.54, 1.807) is 17.1 Å². The average molecular weight is 401 g/mol. The van der Waals surface area contributed by atoms with Crippen LogP contribution in [-0.2, 0) is 0 Å². The molecule has 8 nitrogen and oxygen atoms in total. The van der Waals surface area contributed by atoms with Crippen LogP contribution in [0.2, 0.25) is 0 Å². The lowest BCUT2D eigenvalue weighted by atomic mass is 10.1. The average Bonchev–Trinajstić information content (AvgIpc) is 2.38. The number of aromatic nitrogens is 2. The van der Waals surface area contributed by atoms with Gasteiger partial charge in [-0.25, -0.2) is 4.79 Å². The van der Waals surface area contributed by atoms with Gasteiger partial charge in [0.1, 0.15) is 11.4 Å². The van der Waals surface area contributed by atoms with Crippen molar-refractivity contribution in [3.8, 4) is 5.75 Å². The first-order valence-electron chi connectivity index (χ1n) is 5.56. The lowest BCUT2D eigenvalue weighted by molar-refractivity contribution is -0.386. The molecule has 108 valence electrons. The second-order valence-electron chi connectivity index (χ2n) is 3.96. The quantitative estimate of drug-likeness (QED) is 0.407. The molecule has 0 bridgehead atoms. The lowest BCUT2D eigenvalue weighted by Crippen LogP contribution is -2.25. The number of aromatic hydroxyl groups is 1. The Morgan fingerprint density at radius 1 is 1.24 bits per heavy atom. The maximum absolute atomic E-state index is 11.4. The summed E-state index contributed by atoms with van der Waals surface area (Å²) in [4.78, 5) is 36.6. The third-order valence-corrected chi connectivity index (χ3v) is 3.22. The van der Waals surface area contributed by atoms with E-state index < -0.39 is 21.9 Å². The van der Waals surface area contributed by atoms with Crippen molar-refractivity contribution in [1.82, 2.24) is 9.97 Å². The molecule has 3 N–H and O–H groups in total. The number of halogens is 1. The van der Waals surface area contributed by atoms with Gasteiger partial charge < -0.3 is 10.1 Å². The minimum Gasteiger partial charge on any atom is -0.507 e. The Balaban J connectivity index is 2.55. The van der Waals surface area contributed by atoms with E-state index in [1.807, 2.05) is 22.6 Å². The highest BCUT2D eigenvalue weighted by molar-refractivity contribution is 14.1. The van der Waals surface area contributed by atoms with E-state index in [0.717, 1.165) is 3.57 Å². The Bertz CT molecular complexity index is 853. The molecule has 1 aromatic heterocycles.